The third-order valence-electron chi connectivity index (χ3n) is 4.67. The molecule has 2 heterocycles. The van der Waals surface area contributed by atoms with E-state index in [2.05, 4.69) is 15.5 Å². The molecule has 25 heavy (non-hydrogen) atoms. The Bertz CT molecular complexity index is 790. The van der Waals surface area contributed by atoms with E-state index in [1.54, 1.807) is 4.90 Å². The normalized spacial score (nSPS) is 20.1. The Balaban J connectivity index is 1.55. The molecule has 0 spiro atoms. The van der Waals surface area contributed by atoms with E-state index < -0.39 is 5.82 Å². The molecule has 0 bridgehead atoms. The van der Waals surface area contributed by atoms with Crippen LogP contribution in [0.15, 0.2) is 22.7 Å². The first kappa shape index (κ1) is 16.0. The Hall–Kier alpha value is -2.48. The summed E-state index contributed by atoms with van der Waals surface area (Å²) in [5.74, 6) is 0.813. The van der Waals surface area contributed by atoms with Crippen molar-refractivity contribution < 1.29 is 18.8 Å². The predicted molar refractivity (Wildman–Crippen MR) is 87.5 cm³/mol. The molecule has 1 saturated heterocycles. The van der Waals surface area contributed by atoms with Gasteiger partial charge in [-0.2, -0.15) is 4.98 Å². The number of aliphatic hydroxyl groups excluding tert-OH is 1. The van der Waals surface area contributed by atoms with Crippen molar-refractivity contribution in [3.05, 3.63) is 29.8 Å². The van der Waals surface area contributed by atoms with Crippen LogP contribution in [0.5, 0.6) is 0 Å². The number of rotatable bonds is 4. The monoisotopic (exact) mass is 346 g/mol. The zero-order valence-electron chi connectivity index (χ0n) is 13.6. The highest BCUT2D eigenvalue weighted by Crippen LogP contribution is 2.39. The molecule has 0 radical (unpaired) electrons. The zero-order valence-corrected chi connectivity index (χ0v) is 13.6. The average molecular weight is 346 g/mol. The van der Waals surface area contributed by atoms with Gasteiger partial charge >= 0.3 is 6.03 Å². The summed E-state index contributed by atoms with van der Waals surface area (Å²) in [6, 6.07) is 3.76. The fourth-order valence-corrected chi connectivity index (χ4v) is 3.01. The van der Waals surface area contributed by atoms with Gasteiger partial charge in [0.1, 0.15) is 5.82 Å². The molecule has 2 fully saturated rings. The van der Waals surface area contributed by atoms with Crippen molar-refractivity contribution >= 4 is 11.7 Å². The number of hydrogen-bond donors (Lipinski definition) is 2. The van der Waals surface area contributed by atoms with E-state index in [0.29, 0.717) is 36.1 Å². The Morgan fingerprint density at radius 2 is 2.24 bits per heavy atom. The zero-order chi connectivity index (χ0) is 17.4. The van der Waals surface area contributed by atoms with Crippen molar-refractivity contribution in [2.75, 3.05) is 25.0 Å². The van der Waals surface area contributed by atoms with Crippen LogP contribution in [-0.2, 0) is 0 Å². The number of amides is 2. The molecule has 1 unspecified atom stereocenters. The molecule has 2 aliphatic rings. The summed E-state index contributed by atoms with van der Waals surface area (Å²) >= 11 is 0. The first-order chi connectivity index (χ1) is 12.1. The van der Waals surface area contributed by atoms with Crippen LogP contribution in [0, 0.1) is 11.7 Å². The molecule has 7 nitrogen and oxygen atoms in total. The van der Waals surface area contributed by atoms with E-state index in [1.165, 1.54) is 18.2 Å². The van der Waals surface area contributed by atoms with Crippen molar-refractivity contribution in [2.24, 2.45) is 5.92 Å². The molecule has 2 N–H and O–H groups in total. The number of carbonyl (C=O) groups excluding carboxylic acids is 1. The van der Waals surface area contributed by atoms with E-state index in [0.717, 1.165) is 19.3 Å². The molecular formula is C17H19FN4O3. The van der Waals surface area contributed by atoms with E-state index in [-0.39, 0.29) is 24.4 Å². The highest BCUT2D eigenvalue weighted by Gasteiger charge is 2.30. The first-order valence-electron chi connectivity index (χ1n) is 8.44. The number of nitrogens with zero attached hydrogens (tertiary/aromatic N) is 3. The van der Waals surface area contributed by atoms with Gasteiger partial charge in [-0.25, -0.2) is 9.18 Å². The lowest BCUT2D eigenvalue weighted by molar-refractivity contribution is 0.209. The van der Waals surface area contributed by atoms with Gasteiger partial charge in [-0.3, -0.25) is 0 Å². The van der Waals surface area contributed by atoms with Gasteiger partial charge in [-0.05, 0) is 37.5 Å². The van der Waals surface area contributed by atoms with Crippen molar-refractivity contribution in [2.45, 2.75) is 25.2 Å². The molecule has 2 aromatic rings. The number of benzene rings is 1. The number of halogens is 1. The quantitative estimate of drug-likeness (QED) is 0.888. The lowest BCUT2D eigenvalue weighted by Gasteiger charge is -2.18. The average Bonchev–Trinajstić information content (AvgIpc) is 3.15. The number of aliphatic hydroxyl groups is 1. The van der Waals surface area contributed by atoms with E-state index in [4.69, 9.17) is 4.52 Å². The molecule has 1 atom stereocenters. The van der Waals surface area contributed by atoms with Gasteiger partial charge in [0.2, 0.25) is 0 Å². The number of urea groups is 1. The van der Waals surface area contributed by atoms with E-state index in [1.807, 2.05) is 0 Å². The van der Waals surface area contributed by atoms with Crippen LogP contribution in [-0.4, -0.2) is 45.9 Å². The number of anilines is 1. The summed E-state index contributed by atoms with van der Waals surface area (Å²) < 4.78 is 19.0. The van der Waals surface area contributed by atoms with Crippen molar-refractivity contribution in [3.8, 4) is 11.5 Å². The Kier molecular flexibility index (Phi) is 4.12. The van der Waals surface area contributed by atoms with Gasteiger partial charge < -0.3 is 19.8 Å². The molecular weight excluding hydrogens is 327 g/mol. The van der Waals surface area contributed by atoms with Crippen LogP contribution in [0.4, 0.5) is 14.9 Å². The molecule has 1 aromatic carbocycles. The minimum Gasteiger partial charge on any atom is -0.396 e. The Morgan fingerprint density at radius 1 is 1.40 bits per heavy atom. The van der Waals surface area contributed by atoms with Gasteiger partial charge in [0.05, 0.1) is 11.3 Å². The number of nitrogens with one attached hydrogen (secondary N) is 1. The van der Waals surface area contributed by atoms with Crippen LogP contribution < -0.4 is 5.32 Å². The summed E-state index contributed by atoms with van der Waals surface area (Å²) in [7, 11) is 0. The van der Waals surface area contributed by atoms with E-state index >= 15 is 0 Å². The fraction of sp³-hybridized carbons (Fsp3) is 0.471. The predicted octanol–water partition coefficient (Wildman–Crippen LogP) is 2.60. The largest absolute Gasteiger partial charge is 0.396 e. The van der Waals surface area contributed by atoms with Crippen LogP contribution >= 0.6 is 0 Å². The smallest absolute Gasteiger partial charge is 0.321 e. The maximum Gasteiger partial charge on any atom is 0.321 e. The minimum absolute atomic E-state index is 0.0670. The molecule has 132 valence electrons. The van der Waals surface area contributed by atoms with E-state index in [9.17, 15) is 14.3 Å². The standard InChI is InChI=1S/C17H19FN4O3/c18-12-3-4-14(19-17(24)22-6-5-10(8-22)9-23)13(7-12)16-20-15(21-25-16)11-1-2-11/h3-4,7,10-11,23H,1-2,5-6,8-9H2,(H,19,24). The maximum atomic E-state index is 13.7. The first-order valence-corrected chi connectivity index (χ1v) is 8.44. The summed E-state index contributed by atoms with van der Waals surface area (Å²) in [6.45, 7) is 1.16. The third-order valence-corrected chi connectivity index (χ3v) is 4.67. The number of hydrogen-bond acceptors (Lipinski definition) is 5. The summed E-state index contributed by atoms with van der Waals surface area (Å²) in [5.41, 5.74) is 0.788. The number of carbonyl (C=O) groups is 1. The second-order valence-corrected chi connectivity index (χ2v) is 6.64. The Morgan fingerprint density at radius 3 is 2.96 bits per heavy atom. The summed E-state index contributed by atoms with van der Waals surface area (Å²) in [6.07, 6.45) is 2.84. The fourth-order valence-electron chi connectivity index (χ4n) is 3.01. The second-order valence-electron chi connectivity index (χ2n) is 6.64. The highest BCUT2D eigenvalue weighted by molar-refractivity contribution is 5.93. The summed E-state index contributed by atoms with van der Waals surface area (Å²) in [5, 5.41) is 15.9. The SMILES string of the molecule is O=C(Nc1ccc(F)cc1-c1nc(C2CC2)no1)N1CCC(CO)C1. The van der Waals surface area contributed by atoms with Gasteiger partial charge in [-0.15, -0.1) is 0 Å². The molecule has 1 saturated carbocycles. The van der Waals surface area contributed by atoms with Gasteiger partial charge in [-0.1, -0.05) is 5.16 Å². The Labute approximate surface area is 143 Å². The van der Waals surface area contributed by atoms with Crippen LogP contribution in [0.3, 0.4) is 0 Å². The molecule has 4 rings (SSSR count). The number of aromatic nitrogens is 2. The minimum atomic E-state index is -0.444. The van der Waals surface area contributed by atoms with Crippen LogP contribution in [0.2, 0.25) is 0 Å². The van der Waals surface area contributed by atoms with Crippen LogP contribution in [0.25, 0.3) is 11.5 Å². The summed E-state index contributed by atoms with van der Waals surface area (Å²) in [4.78, 5) is 18.4. The van der Waals surface area contributed by atoms with Crippen molar-refractivity contribution in [1.29, 1.82) is 0 Å². The highest BCUT2D eigenvalue weighted by atomic mass is 19.1. The molecule has 2 amide bonds. The van der Waals surface area contributed by atoms with Crippen LogP contribution in [0.1, 0.15) is 31.0 Å². The second kappa shape index (κ2) is 6.44. The lowest BCUT2D eigenvalue weighted by atomic mass is 10.1. The van der Waals surface area contributed by atoms with Crippen molar-refractivity contribution in [1.82, 2.24) is 15.0 Å². The molecule has 1 aliphatic carbocycles. The number of likely N-dealkylation sites (tertiary alicyclic amines) is 1. The molecule has 1 aromatic heterocycles. The topological polar surface area (TPSA) is 91.5 Å². The van der Waals surface area contributed by atoms with Gasteiger partial charge in [0.15, 0.2) is 5.82 Å². The third kappa shape index (κ3) is 3.34. The van der Waals surface area contributed by atoms with Gasteiger partial charge in [0.25, 0.3) is 5.89 Å². The lowest BCUT2D eigenvalue weighted by Crippen LogP contribution is -2.33. The van der Waals surface area contributed by atoms with Crippen molar-refractivity contribution in [3.63, 3.8) is 0 Å². The molecule has 8 heteroatoms. The molecule has 1 aliphatic heterocycles. The maximum absolute atomic E-state index is 13.7. The van der Waals surface area contributed by atoms with Gasteiger partial charge in [0, 0.05) is 31.5 Å².